The maximum atomic E-state index is 12.9. The second-order valence-electron chi connectivity index (χ2n) is 27.3. The molecule has 106 heavy (non-hydrogen) atoms. The molecule has 0 saturated heterocycles. The number of phosphoric ester groups is 1. The first-order chi connectivity index (χ1) is 52.0. The molecule has 10 heteroatoms. The average molecular weight is 1480 g/mol. The van der Waals surface area contributed by atoms with E-state index in [4.69, 9.17) is 18.5 Å². The first kappa shape index (κ1) is 99.3. The van der Waals surface area contributed by atoms with Gasteiger partial charge >= 0.3 is 19.8 Å². The highest BCUT2D eigenvalue weighted by molar-refractivity contribution is 7.47. The summed E-state index contributed by atoms with van der Waals surface area (Å²) in [5.41, 5.74) is 0. The van der Waals surface area contributed by atoms with Gasteiger partial charge in [-0.15, -0.1) is 0 Å². The molecule has 0 aromatic rings. The molecule has 0 bridgehead atoms. The van der Waals surface area contributed by atoms with E-state index in [-0.39, 0.29) is 32.0 Å². The molecule has 9 nitrogen and oxygen atoms in total. The van der Waals surface area contributed by atoms with Crippen LogP contribution in [0.2, 0.25) is 0 Å². The molecule has 1 N–H and O–H groups in total. The largest absolute Gasteiger partial charge is 0.472 e. The lowest BCUT2D eigenvalue weighted by Gasteiger charge is -2.24. The summed E-state index contributed by atoms with van der Waals surface area (Å²) >= 11 is 0. The summed E-state index contributed by atoms with van der Waals surface area (Å²) < 4.78 is 34.8. The van der Waals surface area contributed by atoms with E-state index >= 15 is 0 Å². The Kier molecular flexibility index (Phi) is 77.1. The van der Waals surface area contributed by atoms with Gasteiger partial charge in [-0.25, -0.2) is 4.57 Å². The van der Waals surface area contributed by atoms with Crippen LogP contribution < -0.4 is 0 Å². The Morgan fingerprint density at radius 3 is 0.755 bits per heavy atom. The monoisotopic (exact) mass is 1480 g/mol. The third-order valence-corrected chi connectivity index (χ3v) is 17.2. The number of rotatable bonds is 72. The topological polar surface area (TPSA) is 108 Å². The quantitative estimate of drug-likeness (QED) is 0.0211. The van der Waals surface area contributed by atoms with E-state index in [0.717, 1.165) is 193 Å². The van der Waals surface area contributed by atoms with Crippen LogP contribution >= 0.6 is 7.82 Å². The van der Waals surface area contributed by atoms with Gasteiger partial charge in [0, 0.05) is 12.8 Å². The fourth-order valence-electron chi connectivity index (χ4n) is 10.1. The van der Waals surface area contributed by atoms with Crippen LogP contribution in [0.3, 0.4) is 0 Å². The van der Waals surface area contributed by atoms with Crippen LogP contribution in [0, 0.1) is 0 Å². The van der Waals surface area contributed by atoms with Gasteiger partial charge in [-0.2, -0.15) is 0 Å². The molecule has 0 spiro atoms. The number of quaternary nitrogens is 1. The van der Waals surface area contributed by atoms with Crippen LogP contribution in [-0.2, 0) is 32.7 Å². The van der Waals surface area contributed by atoms with Crippen molar-refractivity contribution >= 4 is 19.8 Å². The molecule has 0 saturated carbocycles. The van der Waals surface area contributed by atoms with Crippen molar-refractivity contribution < 1.29 is 42.1 Å². The third-order valence-electron chi connectivity index (χ3n) is 16.3. The Bertz CT molecular complexity index is 2800. The van der Waals surface area contributed by atoms with Crippen molar-refractivity contribution in [2.45, 2.75) is 277 Å². The van der Waals surface area contributed by atoms with E-state index in [2.05, 4.69) is 281 Å². The zero-order valence-electron chi connectivity index (χ0n) is 67.3. The molecular weight excluding hydrogens is 1330 g/mol. The van der Waals surface area contributed by atoms with Gasteiger partial charge in [-0.05, 0) is 180 Å². The number of likely N-dealkylation sites (N-methyl/N-ethyl adjacent to an activating group) is 1. The number of hydrogen-bond donors (Lipinski definition) is 1. The Labute approximate surface area is 649 Å². The lowest BCUT2D eigenvalue weighted by Crippen LogP contribution is -2.37. The smallest absolute Gasteiger partial charge is 0.462 e. The van der Waals surface area contributed by atoms with Crippen LogP contribution in [0.1, 0.15) is 271 Å². The van der Waals surface area contributed by atoms with Crippen molar-refractivity contribution in [1.29, 1.82) is 0 Å². The van der Waals surface area contributed by atoms with Gasteiger partial charge in [0.15, 0.2) is 6.10 Å². The van der Waals surface area contributed by atoms with E-state index in [1.54, 1.807) is 0 Å². The Balaban J connectivity index is 4.16. The van der Waals surface area contributed by atoms with Crippen LogP contribution in [-0.4, -0.2) is 74.9 Å². The number of nitrogens with zero attached hydrogens (tertiary/aromatic N) is 1. The molecule has 2 atom stereocenters. The van der Waals surface area contributed by atoms with Crippen LogP contribution in [0.5, 0.6) is 0 Å². The minimum absolute atomic E-state index is 0.0116. The van der Waals surface area contributed by atoms with Crippen molar-refractivity contribution in [1.82, 2.24) is 0 Å². The molecule has 0 aliphatic heterocycles. The maximum absolute atomic E-state index is 12.9. The Hall–Kier alpha value is -6.71. The van der Waals surface area contributed by atoms with E-state index in [0.29, 0.717) is 23.9 Å². The van der Waals surface area contributed by atoms with Gasteiger partial charge in [-0.3, -0.25) is 18.6 Å². The van der Waals surface area contributed by atoms with Crippen molar-refractivity contribution in [2.24, 2.45) is 0 Å². The molecule has 0 aromatic carbocycles. The van der Waals surface area contributed by atoms with Gasteiger partial charge in [0.05, 0.1) is 27.7 Å². The summed E-state index contributed by atoms with van der Waals surface area (Å²) in [4.78, 5) is 36.0. The molecule has 0 amide bonds. The van der Waals surface area contributed by atoms with E-state index < -0.39 is 26.5 Å². The SMILES string of the molecule is CC/C=C\C/C=C\C/C=C\C/C=C\C/C=C\C/C=C\C/C=C\C/C=C\C/C=C\C/C=C\C/C=C\C/C=C\CCCCCCC(=O)OC(COC(=O)CCCCCCCCCCCC/C=C\C/C=C\C/C=C\C/C=C\C/C=C\C/C=C\C/C=C\C/C=C\C/C=C\C/C=C\CC)COP(=O)(O)OCC[N+](C)(C)C. The van der Waals surface area contributed by atoms with Gasteiger partial charge in [0.25, 0.3) is 0 Å². The van der Waals surface area contributed by atoms with Gasteiger partial charge in [-0.1, -0.05) is 345 Å². The predicted octanol–water partition coefficient (Wildman–Crippen LogP) is 28.2. The summed E-state index contributed by atoms with van der Waals surface area (Å²) in [5, 5.41) is 0. The number of esters is 2. The highest BCUT2D eigenvalue weighted by Crippen LogP contribution is 2.43. The molecule has 590 valence electrons. The van der Waals surface area contributed by atoms with Gasteiger partial charge in [0.2, 0.25) is 0 Å². The van der Waals surface area contributed by atoms with E-state index in [9.17, 15) is 19.0 Å². The lowest BCUT2D eigenvalue weighted by molar-refractivity contribution is -0.870. The zero-order chi connectivity index (χ0) is 76.8. The highest BCUT2D eigenvalue weighted by Gasteiger charge is 2.27. The summed E-state index contributed by atoms with van der Waals surface area (Å²) in [5.74, 6) is -0.850. The van der Waals surface area contributed by atoms with Crippen molar-refractivity contribution in [3.8, 4) is 0 Å². The fraction of sp³-hybridized carbons (Fsp3) is 0.521. The van der Waals surface area contributed by atoms with Gasteiger partial charge in [0.1, 0.15) is 19.8 Å². The van der Waals surface area contributed by atoms with Crippen LogP contribution in [0.4, 0.5) is 0 Å². The number of phosphoric acid groups is 1. The molecule has 0 aliphatic carbocycles. The number of hydrogen-bond acceptors (Lipinski definition) is 7. The highest BCUT2D eigenvalue weighted by atomic mass is 31.2. The van der Waals surface area contributed by atoms with Crippen molar-refractivity contribution in [3.05, 3.63) is 267 Å². The number of ether oxygens (including phenoxy) is 2. The Morgan fingerprint density at radius 1 is 0.292 bits per heavy atom. The maximum Gasteiger partial charge on any atom is 0.472 e. The molecule has 0 rings (SSSR count). The fourth-order valence-corrected chi connectivity index (χ4v) is 10.8. The summed E-state index contributed by atoms with van der Waals surface area (Å²) in [6.45, 7) is 4.14. The molecule has 0 heterocycles. The minimum Gasteiger partial charge on any atom is -0.462 e. The molecule has 0 aliphatic rings. The minimum atomic E-state index is -4.43. The van der Waals surface area contributed by atoms with Crippen LogP contribution in [0.25, 0.3) is 0 Å². The predicted molar refractivity (Wildman–Crippen MR) is 463 cm³/mol. The second-order valence-corrected chi connectivity index (χ2v) is 28.8. The standard InChI is InChI=1S/C96H148NO8P/c1-6-8-10-12-14-16-18-20-22-24-26-28-30-32-34-36-38-40-42-44-46-48-50-52-54-56-58-60-62-64-66-68-70-72-74-76-78-80-82-84-86-88-95(98)102-92-94(93-104-106(100,101)103-91-90-97(3,4)5)105-96(99)89-87-85-83-81-79-77-75-73-71-69-67-65-63-61-59-57-55-53-51-49-47-45-43-41-39-37-35-33-31-29-27-25-23-21-19-17-15-13-11-9-7-2/h8-11,14-17,20-23,26-29,32-35,38-41,44-47,50-53,56-59,62-65,69,71,75,77,94H,6-7,12-13,18-19,24-25,30-31,36-37,42-43,48-49,54-55,60-61,66-68,70,72-74,76,78-93H2,1-5H3/p+1/b10-8-,11-9-,16-14-,17-15-,22-20-,23-21-,28-26-,29-27-,34-32-,35-33-,40-38-,41-39-,46-44-,47-45-,52-50-,53-51-,58-56-,59-57-,64-62-,65-63-,71-69-,77-75-. The number of allylic oxidation sites excluding steroid dienone is 44. The Morgan fingerprint density at radius 2 is 0.509 bits per heavy atom. The lowest BCUT2D eigenvalue weighted by atomic mass is 10.1. The van der Waals surface area contributed by atoms with E-state index in [1.807, 2.05) is 21.1 Å². The molecule has 0 fully saturated rings. The molecule has 0 aromatic heterocycles. The molecular formula is C96H149NO8P+. The number of carbonyl (C=O) groups excluding carboxylic acids is 2. The normalized spacial score (nSPS) is 14.4. The number of carbonyl (C=O) groups is 2. The summed E-state index contributed by atoms with van der Waals surface area (Å²) in [6.07, 6.45) is 137. The van der Waals surface area contributed by atoms with E-state index in [1.165, 1.54) is 38.5 Å². The molecule has 2 unspecified atom stereocenters. The van der Waals surface area contributed by atoms with Crippen molar-refractivity contribution in [2.75, 3.05) is 47.5 Å². The summed E-state index contributed by atoms with van der Waals surface area (Å²) in [6, 6.07) is 0. The third kappa shape index (κ3) is 86.2. The van der Waals surface area contributed by atoms with Crippen LogP contribution in [0.15, 0.2) is 267 Å². The van der Waals surface area contributed by atoms with Crippen molar-refractivity contribution in [3.63, 3.8) is 0 Å². The number of unbranched alkanes of at least 4 members (excludes halogenated alkanes) is 14. The zero-order valence-corrected chi connectivity index (χ0v) is 68.2. The second kappa shape index (κ2) is 82.3. The first-order valence-electron chi connectivity index (χ1n) is 41.1. The average Bonchev–Trinajstić information content (AvgIpc) is 0.908. The molecule has 0 radical (unpaired) electrons. The first-order valence-corrected chi connectivity index (χ1v) is 42.6. The summed E-state index contributed by atoms with van der Waals surface area (Å²) in [7, 11) is 1.42. The van der Waals surface area contributed by atoms with Gasteiger partial charge < -0.3 is 18.9 Å².